The Bertz CT molecular complexity index is 793. The van der Waals surface area contributed by atoms with Crippen molar-refractivity contribution in [2.24, 2.45) is 0 Å². The highest BCUT2D eigenvalue weighted by Crippen LogP contribution is 2.48. The molecule has 0 aliphatic carbocycles. The predicted molar refractivity (Wildman–Crippen MR) is 117 cm³/mol. The van der Waals surface area contributed by atoms with Gasteiger partial charge in [-0.25, -0.2) is 4.79 Å². The van der Waals surface area contributed by atoms with Crippen LogP contribution in [0.1, 0.15) is 23.1 Å². The standard InChI is InChI=1S/C25H24O2S/c1-27-24(26)19-11-12-20-28-25(21-13-5-2-6-14-21,22-15-7-3-8-16-22)23-17-9-4-10-18-23/h2-11,13-19H,12,20H2,1H3/b19-11+. The zero-order valence-corrected chi connectivity index (χ0v) is 16.8. The smallest absolute Gasteiger partial charge is 0.330 e. The molecular formula is C25H24O2S. The van der Waals surface area contributed by atoms with E-state index in [4.69, 9.17) is 0 Å². The fraction of sp³-hybridized carbons (Fsp3) is 0.160. The molecule has 0 radical (unpaired) electrons. The molecule has 0 aromatic heterocycles. The summed E-state index contributed by atoms with van der Waals surface area (Å²) in [5.74, 6) is 0.553. The second-order valence-corrected chi connectivity index (χ2v) is 7.65. The van der Waals surface area contributed by atoms with Gasteiger partial charge >= 0.3 is 5.97 Å². The van der Waals surface area contributed by atoms with E-state index >= 15 is 0 Å². The third kappa shape index (κ3) is 4.55. The molecule has 2 nitrogen and oxygen atoms in total. The van der Waals surface area contributed by atoms with Gasteiger partial charge in [-0.3, -0.25) is 0 Å². The highest BCUT2D eigenvalue weighted by Gasteiger charge is 2.36. The summed E-state index contributed by atoms with van der Waals surface area (Å²) in [6.45, 7) is 0. The highest BCUT2D eigenvalue weighted by molar-refractivity contribution is 8.00. The van der Waals surface area contributed by atoms with E-state index in [2.05, 4.69) is 77.5 Å². The van der Waals surface area contributed by atoms with E-state index in [1.807, 2.05) is 36.0 Å². The average molecular weight is 389 g/mol. The molecule has 0 aliphatic heterocycles. The number of esters is 1. The van der Waals surface area contributed by atoms with Crippen LogP contribution in [0, 0.1) is 0 Å². The van der Waals surface area contributed by atoms with Gasteiger partial charge in [-0.05, 0) is 28.9 Å². The maximum absolute atomic E-state index is 11.3. The SMILES string of the molecule is COC(=O)/C=C/CCSC(c1ccccc1)(c1ccccc1)c1ccccc1. The molecule has 3 heteroatoms. The second kappa shape index (κ2) is 9.95. The Kier molecular flexibility index (Phi) is 7.10. The van der Waals surface area contributed by atoms with Gasteiger partial charge in [0.05, 0.1) is 11.9 Å². The van der Waals surface area contributed by atoms with E-state index in [0.29, 0.717) is 0 Å². The Morgan fingerprint density at radius 3 is 1.64 bits per heavy atom. The van der Waals surface area contributed by atoms with E-state index in [0.717, 1.165) is 12.2 Å². The van der Waals surface area contributed by atoms with E-state index in [1.54, 1.807) is 0 Å². The predicted octanol–water partition coefficient (Wildman–Crippen LogP) is 5.83. The number of hydrogen-bond acceptors (Lipinski definition) is 3. The molecule has 3 rings (SSSR count). The first-order valence-electron chi connectivity index (χ1n) is 9.32. The van der Waals surface area contributed by atoms with Crippen LogP contribution in [-0.2, 0) is 14.3 Å². The number of thioether (sulfide) groups is 1. The molecule has 28 heavy (non-hydrogen) atoms. The average Bonchev–Trinajstić information content (AvgIpc) is 2.78. The fourth-order valence-corrected chi connectivity index (χ4v) is 4.76. The molecule has 0 aliphatic rings. The van der Waals surface area contributed by atoms with Gasteiger partial charge in [0.25, 0.3) is 0 Å². The normalized spacial score (nSPS) is 11.5. The van der Waals surface area contributed by atoms with Gasteiger partial charge in [0, 0.05) is 6.08 Å². The minimum Gasteiger partial charge on any atom is -0.466 e. The maximum Gasteiger partial charge on any atom is 0.330 e. The number of methoxy groups -OCH3 is 1. The lowest BCUT2D eigenvalue weighted by molar-refractivity contribution is -0.134. The van der Waals surface area contributed by atoms with Crippen molar-refractivity contribution in [3.63, 3.8) is 0 Å². The molecule has 0 atom stereocenters. The first-order valence-corrected chi connectivity index (χ1v) is 10.3. The van der Waals surface area contributed by atoms with Crippen molar-refractivity contribution in [3.05, 3.63) is 120 Å². The minimum atomic E-state index is -0.317. The Morgan fingerprint density at radius 2 is 1.25 bits per heavy atom. The molecule has 0 N–H and O–H groups in total. The fourth-order valence-electron chi connectivity index (χ4n) is 3.30. The zero-order valence-electron chi connectivity index (χ0n) is 16.0. The number of hydrogen-bond donors (Lipinski definition) is 0. The molecule has 0 heterocycles. The number of rotatable bonds is 8. The summed E-state index contributed by atoms with van der Waals surface area (Å²) < 4.78 is 4.36. The molecule has 0 spiro atoms. The van der Waals surface area contributed by atoms with Crippen LogP contribution in [0.4, 0.5) is 0 Å². The highest BCUT2D eigenvalue weighted by atomic mass is 32.2. The largest absolute Gasteiger partial charge is 0.466 e. The summed E-state index contributed by atoms with van der Waals surface area (Å²) in [7, 11) is 1.40. The lowest BCUT2D eigenvalue weighted by Gasteiger charge is -2.35. The van der Waals surface area contributed by atoms with Crippen molar-refractivity contribution < 1.29 is 9.53 Å². The van der Waals surface area contributed by atoms with Crippen molar-refractivity contribution in [2.75, 3.05) is 12.9 Å². The zero-order chi connectivity index (χ0) is 19.7. The molecule has 3 aromatic rings. The molecule has 3 aromatic carbocycles. The van der Waals surface area contributed by atoms with Gasteiger partial charge in [-0.2, -0.15) is 0 Å². The molecule has 0 bridgehead atoms. The van der Waals surface area contributed by atoms with E-state index < -0.39 is 0 Å². The molecule has 0 saturated carbocycles. The van der Waals surface area contributed by atoms with Crippen molar-refractivity contribution >= 4 is 17.7 Å². The summed E-state index contributed by atoms with van der Waals surface area (Å²) in [6.07, 6.45) is 4.16. The topological polar surface area (TPSA) is 26.3 Å². The third-order valence-electron chi connectivity index (χ3n) is 4.60. The van der Waals surface area contributed by atoms with E-state index in [9.17, 15) is 4.79 Å². The minimum absolute atomic E-state index is 0.314. The number of carbonyl (C=O) groups excluding carboxylic acids is 1. The summed E-state index contributed by atoms with van der Waals surface area (Å²) in [5, 5.41) is 0. The van der Waals surface area contributed by atoms with Crippen LogP contribution in [0.2, 0.25) is 0 Å². The Labute approximate surface area is 171 Å². The Morgan fingerprint density at radius 1 is 0.821 bits per heavy atom. The van der Waals surface area contributed by atoms with Crippen LogP contribution in [-0.4, -0.2) is 18.8 Å². The molecule has 0 fully saturated rings. The van der Waals surface area contributed by atoms with Gasteiger partial charge in [-0.15, -0.1) is 11.8 Å². The van der Waals surface area contributed by atoms with Crippen LogP contribution >= 0.6 is 11.8 Å². The summed E-state index contributed by atoms with van der Waals surface area (Å²) >= 11 is 1.88. The van der Waals surface area contributed by atoms with Crippen LogP contribution < -0.4 is 0 Å². The second-order valence-electron chi connectivity index (χ2n) is 6.34. The lowest BCUT2D eigenvalue weighted by atomic mass is 9.84. The van der Waals surface area contributed by atoms with Crippen molar-refractivity contribution in [1.82, 2.24) is 0 Å². The molecule has 0 unspecified atom stereocenters. The Hall–Kier alpha value is -2.78. The molecule has 142 valence electrons. The van der Waals surface area contributed by atoms with Crippen molar-refractivity contribution in [1.29, 1.82) is 0 Å². The summed E-state index contributed by atoms with van der Waals surface area (Å²) in [4.78, 5) is 11.3. The Balaban J connectivity index is 2.01. The van der Waals surface area contributed by atoms with E-state index in [1.165, 1.54) is 29.9 Å². The molecule has 0 amide bonds. The first kappa shape index (κ1) is 20.0. The van der Waals surface area contributed by atoms with Crippen LogP contribution in [0.5, 0.6) is 0 Å². The lowest BCUT2D eigenvalue weighted by Crippen LogP contribution is -2.26. The van der Waals surface area contributed by atoms with Gasteiger partial charge in [-0.1, -0.05) is 97.1 Å². The van der Waals surface area contributed by atoms with Gasteiger partial charge in [0.2, 0.25) is 0 Å². The summed E-state index contributed by atoms with van der Waals surface area (Å²) in [5.41, 5.74) is 3.73. The van der Waals surface area contributed by atoms with Crippen LogP contribution in [0.15, 0.2) is 103 Å². The maximum atomic E-state index is 11.3. The number of carbonyl (C=O) groups is 1. The number of allylic oxidation sites excluding steroid dienone is 1. The van der Waals surface area contributed by atoms with Crippen molar-refractivity contribution in [3.8, 4) is 0 Å². The van der Waals surface area contributed by atoms with Gasteiger partial charge < -0.3 is 4.74 Å². The quantitative estimate of drug-likeness (QED) is 0.210. The van der Waals surface area contributed by atoms with Crippen LogP contribution in [0.3, 0.4) is 0 Å². The molecular weight excluding hydrogens is 364 g/mol. The molecule has 0 saturated heterocycles. The number of ether oxygens (including phenoxy) is 1. The van der Waals surface area contributed by atoms with Gasteiger partial charge in [0.1, 0.15) is 0 Å². The van der Waals surface area contributed by atoms with E-state index in [-0.39, 0.29) is 10.7 Å². The van der Waals surface area contributed by atoms with Gasteiger partial charge in [0.15, 0.2) is 0 Å². The summed E-state index contributed by atoms with van der Waals surface area (Å²) in [6, 6.07) is 31.8. The first-order chi connectivity index (χ1) is 13.8. The van der Waals surface area contributed by atoms with Crippen LogP contribution in [0.25, 0.3) is 0 Å². The van der Waals surface area contributed by atoms with Crippen molar-refractivity contribution in [2.45, 2.75) is 11.2 Å². The monoisotopic (exact) mass is 388 g/mol. The number of benzene rings is 3. The third-order valence-corrected chi connectivity index (χ3v) is 6.18.